The van der Waals surface area contributed by atoms with Gasteiger partial charge < -0.3 is 20.7 Å². The van der Waals surface area contributed by atoms with Gasteiger partial charge in [-0.25, -0.2) is 4.79 Å². The number of rotatable bonds is 4. The Bertz CT molecular complexity index is 283. The summed E-state index contributed by atoms with van der Waals surface area (Å²) in [7, 11) is 3.25. The van der Waals surface area contributed by atoms with E-state index in [9.17, 15) is 9.59 Å². The van der Waals surface area contributed by atoms with Gasteiger partial charge in [-0.15, -0.1) is 0 Å². The predicted octanol–water partition coefficient (Wildman–Crippen LogP) is -0.0718. The van der Waals surface area contributed by atoms with E-state index in [0.29, 0.717) is 25.4 Å². The van der Waals surface area contributed by atoms with Gasteiger partial charge in [0.25, 0.3) is 0 Å². The van der Waals surface area contributed by atoms with Crippen molar-refractivity contribution in [1.29, 1.82) is 0 Å². The van der Waals surface area contributed by atoms with E-state index < -0.39 is 6.03 Å². The average Bonchev–Trinajstić information content (AvgIpc) is 2.35. The van der Waals surface area contributed by atoms with E-state index in [2.05, 4.69) is 10.1 Å². The van der Waals surface area contributed by atoms with Crippen LogP contribution in [0.15, 0.2) is 0 Å². The summed E-state index contributed by atoms with van der Waals surface area (Å²) >= 11 is 0. The maximum atomic E-state index is 11.2. The second-order valence-corrected chi connectivity index (χ2v) is 4.45. The maximum absolute atomic E-state index is 11.2. The van der Waals surface area contributed by atoms with Crippen LogP contribution < -0.4 is 11.1 Å². The molecule has 1 aliphatic heterocycles. The first-order valence-electron chi connectivity index (χ1n) is 5.85. The monoisotopic (exact) mass is 243 g/mol. The molecule has 98 valence electrons. The molecule has 17 heavy (non-hydrogen) atoms. The van der Waals surface area contributed by atoms with Gasteiger partial charge in [0, 0.05) is 25.6 Å². The molecule has 0 radical (unpaired) electrons. The Kier molecular flexibility index (Phi) is 5.21. The number of likely N-dealkylation sites (tertiary alicyclic amines) is 1. The Morgan fingerprint density at radius 2 is 2.18 bits per heavy atom. The zero-order valence-electron chi connectivity index (χ0n) is 10.4. The van der Waals surface area contributed by atoms with Crippen molar-refractivity contribution in [1.82, 2.24) is 10.2 Å². The first kappa shape index (κ1) is 13.8. The number of primary amides is 1. The third kappa shape index (κ3) is 4.22. The van der Waals surface area contributed by atoms with E-state index in [1.165, 1.54) is 7.11 Å². The molecule has 2 amide bonds. The first-order valence-corrected chi connectivity index (χ1v) is 5.85. The number of ether oxygens (including phenoxy) is 1. The molecule has 6 nitrogen and oxygen atoms in total. The van der Waals surface area contributed by atoms with E-state index in [-0.39, 0.29) is 12.0 Å². The summed E-state index contributed by atoms with van der Waals surface area (Å²) in [6, 6.07) is -0.146. The predicted molar refractivity (Wildman–Crippen MR) is 63.4 cm³/mol. The molecule has 1 saturated heterocycles. The van der Waals surface area contributed by atoms with Crippen LogP contribution >= 0.6 is 0 Å². The summed E-state index contributed by atoms with van der Waals surface area (Å²) in [5.74, 6) is 0.0926. The minimum Gasteiger partial charge on any atom is -0.469 e. The number of nitrogens with zero attached hydrogens (tertiary/aromatic N) is 1. The highest BCUT2D eigenvalue weighted by atomic mass is 16.5. The van der Waals surface area contributed by atoms with Crippen LogP contribution in [0.1, 0.15) is 19.3 Å². The molecule has 0 spiro atoms. The van der Waals surface area contributed by atoms with Gasteiger partial charge in [-0.2, -0.15) is 0 Å². The first-order chi connectivity index (χ1) is 8.06. The van der Waals surface area contributed by atoms with Gasteiger partial charge in [-0.05, 0) is 25.8 Å². The van der Waals surface area contributed by atoms with Crippen LogP contribution in [-0.2, 0) is 9.53 Å². The van der Waals surface area contributed by atoms with Crippen molar-refractivity contribution in [2.24, 2.45) is 11.7 Å². The van der Waals surface area contributed by atoms with Gasteiger partial charge in [0.1, 0.15) is 0 Å². The number of nitrogens with one attached hydrogen (secondary N) is 1. The fourth-order valence-electron chi connectivity index (χ4n) is 2.23. The quantitative estimate of drug-likeness (QED) is 0.677. The average molecular weight is 243 g/mol. The molecule has 0 saturated carbocycles. The number of methoxy groups -OCH3 is 1. The van der Waals surface area contributed by atoms with Crippen LogP contribution in [-0.4, -0.2) is 50.2 Å². The zero-order chi connectivity index (χ0) is 12.8. The Morgan fingerprint density at radius 3 is 2.71 bits per heavy atom. The zero-order valence-corrected chi connectivity index (χ0v) is 10.4. The number of likely N-dealkylation sites (N-methyl/N-ethyl adjacent to an activating group) is 1. The summed E-state index contributed by atoms with van der Waals surface area (Å²) < 4.78 is 4.61. The summed E-state index contributed by atoms with van der Waals surface area (Å²) in [6.07, 6.45) is 2.08. The van der Waals surface area contributed by atoms with E-state index in [4.69, 9.17) is 5.73 Å². The Labute approximate surface area is 101 Å². The fraction of sp³-hybridized carbons (Fsp3) is 0.818. The van der Waals surface area contributed by atoms with Gasteiger partial charge >= 0.3 is 12.0 Å². The SMILES string of the molecule is CNC1CC(CCC(=O)OC)CN(C(N)=O)C1. The highest BCUT2D eigenvalue weighted by Gasteiger charge is 2.28. The lowest BCUT2D eigenvalue weighted by molar-refractivity contribution is -0.141. The fourth-order valence-corrected chi connectivity index (χ4v) is 2.23. The molecule has 0 aliphatic carbocycles. The topological polar surface area (TPSA) is 84.7 Å². The van der Waals surface area contributed by atoms with Crippen molar-refractivity contribution in [3.05, 3.63) is 0 Å². The summed E-state index contributed by atoms with van der Waals surface area (Å²) in [4.78, 5) is 23.9. The van der Waals surface area contributed by atoms with Crippen LogP contribution in [0.3, 0.4) is 0 Å². The molecule has 0 aromatic carbocycles. The van der Waals surface area contributed by atoms with Crippen molar-refractivity contribution < 1.29 is 14.3 Å². The third-order valence-corrected chi connectivity index (χ3v) is 3.24. The Balaban J connectivity index is 2.47. The summed E-state index contributed by atoms with van der Waals surface area (Å²) in [5, 5.41) is 3.15. The molecule has 1 aliphatic rings. The lowest BCUT2D eigenvalue weighted by atomic mass is 9.90. The molecule has 1 rings (SSSR count). The van der Waals surface area contributed by atoms with Gasteiger partial charge in [0.15, 0.2) is 0 Å². The lowest BCUT2D eigenvalue weighted by Gasteiger charge is -2.36. The molecular formula is C11H21N3O3. The van der Waals surface area contributed by atoms with E-state index in [1.54, 1.807) is 4.90 Å². The number of esters is 1. The number of carbonyl (C=O) groups is 2. The molecule has 3 N–H and O–H groups in total. The normalized spacial score (nSPS) is 24.5. The molecule has 1 fully saturated rings. The molecule has 1 heterocycles. The Hall–Kier alpha value is -1.30. The van der Waals surface area contributed by atoms with Crippen molar-refractivity contribution in [2.75, 3.05) is 27.2 Å². The van der Waals surface area contributed by atoms with Crippen molar-refractivity contribution in [2.45, 2.75) is 25.3 Å². The molecule has 2 unspecified atom stereocenters. The van der Waals surface area contributed by atoms with Crippen molar-refractivity contribution >= 4 is 12.0 Å². The standard InChI is InChI=1S/C11H21N3O3/c1-13-9-5-8(3-4-10(15)17-2)6-14(7-9)11(12)16/h8-9,13H,3-7H2,1-2H3,(H2,12,16). The Morgan fingerprint density at radius 1 is 1.47 bits per heavy atom. The smallest absolute Gasteiger partial charge is 0.314 e. The maximum Gasteiger partial charge on any atom is 0.314 e. The molecule has 0 bridgehead atoms. The van der Waals surface area contributed by atoms with E-state index in [0.717, 1.165) is 12.8 Å². The molecule has 6 heteroatoms. The second-order valence-electron chi connectivity index (χ2n) is 4.45. The van der Waals surface area contributed by atoms with Gasteiger partial charge in [-0.1, -0.05) is 0 Å². The summed E-state index contributed by atoms with van der Waals surface area (Å²) in [5.41, 5.74) is 5.30. The minimum atomic E-state index is -0.395. The largest absolute Gasteiger partial charge is 0.469 e. The number of hydrogen-bond donors (Lipinski definition) is 2. The number of hydrogen-bond acceptors (Lipinski definition) is 4. The van der Waals surface area contributed by atoms with Crippen molar-refractivity contribution in [3.63, 3.8) is 0 Å². The molecular weight excluding hydrogens is 222 g/mol. The van der Waals surface area contributed by atoms with Crippen LogP contribution in [0.4, 0.5) is 4.79 Å². The van der Waals surface area contributed by atoms with E-state index in [1.807, 2.05) is 7.05 Å². The lowest BCUT2D eigenvalue weighted by Crippen LogP contribution is -2.52. The third-order valence-electron chi connectivity index (χ3n) is 3.24. The summed E-state index contributed by atoms with van der Waals surface area (Å²) in [6.45, 7) is 1.27. The van der Waals surface area contributed by atoms with Crippen LogP contribution in [0.2, 0.25) is 0 Å². The number of urea groups is 1. The van der Waals surface area contributed by atoms with Crippen molar-refractivity contribution in [3.8, 4) is 0 Å². The second kappa shape index (κ2) is 6.44. The number of amides is 2. The molecule has 0 aromatic heterocycles. The van der Waals surface area contributed by atoms with E-state index >= 15 is 0 Å². The molecule has 2 atom stereocenters. The number of carbonyl (C=O) groups excluding carboxylic acids is 2. The number of piperidine rings is 1. The van der Waals surface area contributed by atoms with Crippen LogP contribution in [0, 0.1) is 5.92 Å². The van der Waals surface area contributed by atoms with Crippen LogP contribution in [0.5, 0.6) is 0 Å². The minimum absolute atomic E-state index is 0.206. The number of nitrogens with two attached hydrogens (primary N) is 1. The highest BCUT2D eigenvalue weighted by Crippen LogP contribution is 2.21. The molecule has 0 aromatic rings. The van der Waals surface area contributed by atoms with Gasteiger partial charge in [0.05, 0.1) is 7.11 Å². The van der Waals surface area contributed by atoms with Crippen LogP contribution in [0.25, 0.3) is 0 Å². The van der Waals surface area contributed by atoms with Gasteiger partial charge in [-0.3, -0.25) is 4.79 Å². The highest BCUT2D eigenvalue weighted by molar-refractivity contribution is 5.72. The van der Waals surface area contributed by atoms with Gasteiger partial charge in [0.2, 0.25) is 0 Å².